The number of carbonyl (C=O) groups excluding carboxylic acids is 5. The number of ketones is 1. The summed E-state index contributed by atoms with van der Waals surface area (Å²) in [4.78, 5) is 75.4. The van der Waals surface area contributed by atoms with Gasteiger partial charge < -0.3 is 29.5 Å². The van der Waals surface area contributed by atoms with Crippen molar-refractivity contribution in [2.75, 3.05) is 53.9 Å². The molecule has 6 bridgehead atoms. The monoisotopic (exact) mass is 966 g/mol. The number of cyclic esters (lactones) is 1. The van der Waals surface area contributed by atoms with Gasteiger partial charge >= 0.3 is 5.97 Å². The molecule has 3 aliphatic heterocycles. The highest BCUT2D eigenvalue weighted by molar-refractivity contribution is 5.96. The Hall–Kier alpha value is -6.27. The number of aryl methyl sites for hydroxylation is 1. The van der Waals surface area contributed by atoms with Crippen LogP contribution in [-0.4, -0.2) is 131 Å². The number of benzene rings is 3. The van der Waals surface area contributed by atoms with E-state index >= 15 is 4.79 Å². The number of hydrogen-bond donors (Lipinski definition) is 3. The number of fused-ring (bicyclic) bond motifs is 6. The zero-order chi connectivity index (χ0) is 51.2. The van der Waals surface area contributed by atoms with Gasteiger partial charge in [0.25, 0.3) is 0 Å². The largest absolute Gasteiger partial charge is 0.508 e. The van der Waals surface area contributed by atoms with Crippen LogP contribution in [0.1, 0.15) is 77.0 Å². The quantitative estimate of drug-likeness (QED) is 0.0830. The molecule has 2 unspecified atom stereocenters. The van der Waals surface area contributed by atoms with Crippen LogP contribution in [0.25, 0.3) is 33.3 Å². The molecule has 2 saturated heterocycles. The fourth-order valence-electron chi connectivity index (χ4n) is 11.4. The van der Waals surface area contributed by atoms with Crippen molar-refractivity contribution in [3.05, 3.63) is 90.0 Å². The molecule has 1 aliphatic carbocycles. The van der Waals surface area contributed by atoms with Gasteiger partial charge in [-0.2, -0.15) is 0 Å². The van der Waals surface area contributed by atoms with Crippen molar-refractivity contribution in [3.8, 4) is 40.5 Å². The molecule has 5 atom stereocenters. The molecule has 4 aliphatic rings. The number of ether oxygens (including phenoxy) is 1. The number of amides is 3. The molecule has 1 saturated carbocycles. The number of aromatic nitrogens is 1. The molecular formula is C57H71N7O7. The molecule has 1 aromatic heterocycles. The number of terminal acetylenes is 1. The smallest absolute Gasteiger partial charge is 0.324 e. The van der Waals surface area contributed by atoms with Crippen molar-refractivity contribution in [2.24, 2.45) is 22.2 Å². The van der Waals surface area contributed by atoms with E-state index in [4.69, 9.17) is 11.2 Å². The Labute approximate surface area is 418 Å². The first-order valence-corrected chi connectivity index (χ1v) is 25.1. The summed E-state index contributed by atoms with van der Waals surface area (Å²) in [5.41, 5.74) is 8.47. The van der Waals surface area contributed by atoms with E-state index in [1.165, 1.54) is 21.5 Å². The second-order valence-corrected chi connectivity index (χ2v) is 21.9. The standard InChI is InChI=1S/C57H71N7O7/c1-11-49(67)62-24-22-56(12-2,34-62)48(66)33-61(10)50(36(4)5)52(68)58-47-31-57(47)29-38-25-41(27-42(65)26-38)40-20-21-46-43(28-40)44(51(63(46)13-3)39-18-16-37(17-19-39)32-60(8)9)30-55(6,7)35-71-53(69)45-15-14-23-64(59-45)54(57)70/h2,11,16-21,25-28,36,45,47,50,59,65H,1,13-15,22-24,29-35H2,3-10H3,(H,58,68)/t45-,47?,50-,56+,57?/m0/s1. The number of hydrogen-bond acceptors (Lipinski definition) is 10. The fourth-order valence-corrected chi connectivity index (χ4v) is 11.4. The van der Waals surface area contributed by atoms with Crippen molar-refractivity contribution in [3.63, 3.8) is 0 Å². The minimum atomic E-state index is -1.18. The highest BCUT2D eigenvalue weighted by Crippen LogP contribution is 2.51. The third-order valence-electron chi connectivity index (χ3n) is 15.2. The molecule has 3 fully saturated rings. The van der Waals surface area contributed by atoms with Gasteiger partial charge in [0.1, 0.15) is 17.2 Å². The maximum absolute atomic E-state index is 15.1. The second-order valence-electron chi connectivity index (χ2n) is 21.9. The predicted molar refractivity (Wildman–Crippen MR) is 275 cm³/mol. The molecule has 14 heteroatoms. The van der Waals surface area contributed by atoms with Gasteiger partial charge in [-0.05, 0) is 136 Å². The van der Waals surface area contributed by atoms with Crippen LogP contribution in [0.15, 0.2) is 73.3 Å². The first-order valence-electron chi connectivity index (χ1n) is 25.1. The zero-order valence-electron chi connectivity index (χ0n) is 42.8. The van der Waals surface area contributed by atoms with Gasteiger partial charge in [0.15, 0.2) is 5.78 Å². The Bertz CT molecular complexity index is 2790. The van der Waals surface area contributed by atoms with Crippen LogP contribution in [-0.2, 0) is 54.6 Å². The van der Waals surface area contributed by atoms with Crippen LogP contribution < -0.4 is 10.7 Å². The molecule has 3 N–H and O–H groups in total. The molecule has 0 radical (unpaired) electrons. The lowest BCUT2D eigenvalue weighted by Gasteiger charge is -2.36. The van der Waals surface area contributed by atoms with Gasteiger partial charge in [-0.3, -0.25) is 33.9 Å². The van der Waals surface area contributed by atoms with Gasteiger partial charge in [0.05, 0.1) is 30.3 Å². The molecule has 1 spiro atoms. The van der Waals surface area contributed by atoms with Gasteiger partial charge in [-0.1, -0.05) is 76.6 Å². The number of hydrazine groups is 1. The SMILES string of the molecule is C#C[C@@]1(C(=O)CN(C)[C@H](C(=O)NC2CC23Cc2cc(O)cc(c2)-c2ccc4c(c2)c(c(-c2ccc(CN(C)C)cc2)n4CC)CC(C)(C)COC(=O)[C@@H]2CCCN(N2)C3=O)C(C)C)CCN(C(=O)C=C)C1. The molecule has 3 amide bonds. The van der Waals surface area contributed by atoms with E-state index in [1.807, 2.05) is 19.9 Å². The van der Waals surface area contributed by atoms with E-state index < -0.39 is 40.3 Å². The van der Waals surface area contributed by atoms with Crippen molar-refractivity contribution in [1.82, 2.24) is 35.0 Å². The summed E-state index contributed by atoms with van der Waals surface area (Å²) in [7, 11) is 5.84. The summed E-state index contributed by atoms with van der Waals surface area (Å²) in [5.74, 6) is 0.917. The Balaban J connectivity index is 1.14. The number of likely N-dealkylation sites (N-methyl/N-ethyl adjacent to an activating group) is 1. The lowest BCUT2D eigenvalue weighted by molar-refractivity contribution is -0.156. The van der Waals surface area contributed by atoms with E-state index in [2.05, 4.69) is 110 Å². The topological polar surface area (TPSA) is 157 Å². The minimum Gasteiger partial charge on any atom is -0.508 e. The maximum Gasteiger partial charge on any atom is 0.324 e. The van der Waals surface area contributed by atoms with Gasteiger partial charge in [0, 0.05) is 55.1 Å². The summed E-state index contributed by atoms with van der Waals surface area (Å²) in [5, 5.41) is 17.2. The highest BCUT2D eigenvalue weighted by atomic mass is 16.5. The van der Waals surface area contributed by atoms with Crippen LogP contribution in [0.4, 0.5) is 0 Å². The number of phenols is 1. The zero-order valence-corrected chi connectivity index (χ0v) is 42.8. The lowest BCUT2D eigenvalue weighted by Crippen LogP contribution is -2.58. The molecular weight excluding hydrogens is 895 g/mol. The molecule has 14 nitrogen and oxygen atoms in total. The molecule has 376 valence electrons. The molecule has 71 heavy (non-hydrogen) atoms. The van der Waals surface area contributed by atoms with E-state index in [0.717, 1.165) is 51.9 Å². The Kier molecular flexibility index (Phi) is 14.5. The van der Waals surface area contributed by atoms with E-state index in [1.54, 1.807) is 24.1 Å². The fraction of sp³-hybridized carbons (Fsp3) is 0.491. The summed E-state index contributed by atoms with van der Waals surface area (Å²) in [6.07, 6.45) is 9.65. The number of esters is 1. The number of nitrogens with zero attached hydrogens (tertiary/aromatic N) is 5. The predicted octanol–water partition coefficient (Wildman–Crippen LogP) is 6.36. The van der Waals surface area contributed by atoms with Gasteiger partial charge in [-0.15, -0.1) is 6.42 Å². The molecule has 8 rings (SSSR count). The van der Waals surface area contributed by atoms with Crippen molar-refractivity contribution in [1.29, 1.82) is 0 Å². The van der Waals surface area contributed by atoms with E-state index in [-0.39, 0.29) is 61.3 Å². The highest BCUT2D eigenvalue weighted by Gasteiger charge is 2.62. The number of carbonyl (C=O) groups is 5. The number of likely N-dealkylation sites (tertiary alicyclic amines) is 1. The summed E-state index contributed by atoms with van der Waals surface area (Å²) in [6.45, 7) is 16.1. The van der Waals surface area contributed by atoms with Crippen molar-refractivity contribution in [2.45, 2.75) is 104 Å². The molecule has 4 aromatic rings. The van der Waals surface area contributed by atoms with Crippen molar-refractivity contribution < 1.29 is 33.8 Å². The molecule has 4 heterocycles. The molecule has 3 aromatic carbocycles. The summed E-state index contributed by atoms with van der Waals surface area (Å²) < 4.78 is 8.52. The summed E-state index contributed by atoms with van der Waals surface area (Å²) >= 11 is 0. The third kappa shape index (κ3) is 10.3. The van der Waals surface area contributed by atoms with Gasteiger partial charge in [0.2, 0.25) is 17.7 Å². The van der Waals surface area contributed by atoms with Crippen LogP contribution in [0, 0.1) is 34.5 Å². The summed E-state index contributed by atoms with van der Waals surface area (Å²) in [6, 6.07) is 18.5. The number of nitrogens with one attached hydrogen (secondary N) is 2. The first kappa shape index (κ1) is 51.1. The van der Waals surface area contributed by atoms with Crippen LogP contribution >= 0.6 is 0 Å². The number of rotatable bonds is 12. The van der Waals surface area contributed by atoms with Gasteiger partial charge in [-0.25, -0.2) is 5.43 Å². The maximum atomic E-state index is 15.1. The van der Waals surface area contributed by atoms with Crippen molar-refractivity contribution >= 4 is 40.4 Å². The Morgan fingerprint density at radius 1 is 1.01 bits per heavy atom. The van der Waals surface area contributed by atoms with E-state index in [0.29, 0.717) is 50.8 Å². The number of phenolic OH excluding ortho intramolecular Hbond substituents is 1. The average Bonchev–Trinajstić information content (AvgIpc) is 3.65. The van der Waals surface area contributed by atoms with Crippen LogP contribution in [0.5, 0.6) is 5.75 Å². The Morgan fingerprint density at radius 2 is 1.75 bits per heavy atom. The lowest BCUT2D eigenvalue weighted by atomic mass is 9.83. The third-order valence-corrected chi connectivity index (χ3v) is 15.2. The number of Topliss-reactive ketones (excluding diaryl/α,β-unsaturated/α-hetero) is 1. The first-order chi connectivity index (χ1) is 33.7. The second kappa shape index (κ2) is 20.1. The Morgan fingerprint density at radius 3 is 2.42 bits per heavy atom. The normalized spacial score (nSPS) is 23.7. The van der Waals surface area contributed by atoms with Crippen LogP contribution in [0.3, 0.4) is 0 Å². The average molecular weight is 966 g/mol. The van der Waals surface area contributed by atoms with Crippen LogP contribution in [0.2, 0.25) is 0 Å². The minimum absolute atomic E-state index is 0.0517. The van der Waals surface area contributed by atoms with E-state index in [9.17, 15) is 24.3 Å². The number of aromatic hydroxyl groups is 1.